The number of hydrogen-bond donors (Lipinski definition) is 2. The summed E-state index contributed by atoms with van der Waals surface area (Å²) < 4.78 is 18.5. The van der Waals surface area contributed by atoms with Crippen LogP contribution in [0.3, 0.4) is 0 Å². The van der Waals surface area contributed by atoms with Gasteiger partial charge in [-0.05, 0) is 12.1 Å². The van der Waals surface area contributed by atoms with Gasteiger partial charge in [0.05, 0.1) is 29.8 Å². The number of halogens is 3. The first kappa shape index (κ1) is 13.4. The van der Waals surface area contributed by atoms with Crippen molar-refractivity contribution in [2.24, 2.45) is 0 Å². The van der Waals surface area contributed by atoms with Crippen molar-refractivity contribution >= 4 is 28.9 Å². The minimum absolute atomic E-state index is 0.0213. The van der Waals surface area contributed by atoms with Crippen molar-refractivity contribution in [3.8, 4) is 5.75 Å². The van der Waals surface area contributed by atoms with Gasteiger partial charge in [0, 0.05) is 6.54 Å². The molecule has 0 aliphatic carbocycles. The number of benzene rings is 1. The molecule has 1 aromatic carbocycles. The smallest absolute Gasteiger partial charge is 0.189 e. The van der Waals surface area contributed by atoms with E-state index in [0.29, 0.717) is 0 Å². The first-order chi connectivity index (χ1) is 7.60. The maximum absolute atomic E-state index is 13.7. The van der Waals surface area contributed by atoms with Crippen LogP contribution in [0.4, 0.5) is 10.1 Å². The van der Waals surface area contributed by atoms with E-state index in [2.05, 4.69) is 5.32 Å². The zero-order valence-corrected chi connectivity index (χ0v) is 10.1. The molecule has 1 atom stereocenters. The third kappa shape index (κ3) is 3.14. The lowest BCUT2D eigenvalue weighted by atomic mass is 10.2. The third-order valence-electron chi connectivity index (χ3n) is 1.96. The first-order valence-corrected chi connectivity index (χ1v) is 5.51. The lowest BCUT2D eigenvalue weighted by Crippen LogP contribution is -2.21. The van der Waals surface area contributed by atoms with Gasteiger partial charge in [-0.25, -0.2) is 4.39 Å². The molecule has 0 aromatic heterocycles. The summed E-state index contributed by atoms with van der Waals surface area (Å²) in [6.07, 6.45) is -0.734. The molecule has 90 valence electrons. The Hall–Kier alpha value is -0.710. The van der Waals surface area contributed by atoms with Gasteiger partial charge in [0.25, 0.3) is 0 Å². The summed E-state index contributed by atoms with van der Waals surface area (Å²) >= 11 is 11.1. The summed E-state index contributed by atoms with van der Waals surface area (Å²) in [4.78, 5) is 0. The van der Waals surface area contributed by atoms with E-state index in [4.69, 9.17) is 27.9 Å². The number of aliphatic hydroxyl groups excluding tert-OH is 1. The van der Waals surface area contributed by atoms with Gasteiger partial charge in [-0.2, -0.15) is 0 Å². The topological polar surface area (TPSA) is 41.5 Å². The predicted octanol–water partition coefficient (Wildman–Crippen LogP) is 2.50. The highest BCUT2D eigenvalue weighted by molar-refractivity contribution is 6.32. The van der Waals surface area contributed by atoms with Gasteiger partial charge in [0.1, 0.15) is 0 Å². The number of rotatable bonds is 5. The highest BCUT2D eigenvalue weighted by atomic mass is 35.5. The fourth-order valence-corrected chi connectivity index (χ4v) is 1.47. The van der Waals surface area contributed by atoms with Gasteiger partial charge in [0.15, 0.2) is 11.6 Å². The molecule has 2 N–H and O–H groups in total. The molecule has 3 nitrogen and oxygen atoms in total. The van der Waals surface area contributed by atoms with Crippen LogP contribution in [0.25, 0.3) is 0 Å². The second-order valence-corrected chi connectivity index (χ2v) is 3.85. The van der Waals surface area contributed by atoms with Crippen LogP contribution >= 0.6 is 23.2 Å². The van der Waals surface area contributed by atoms with Crippen molar-refractivity contribution in [3.05, 3.63) is 23.0 Å². The van der Waals surface area contributed by atoms with Crippen LogP contribution in [0.2, 0.25) is 5.02 Å². The fraction of sp³-hybridized carbons (Fsp3) is 0.400. The Morgan fingerprint density at radius 3 is 2.81 bits per heavy atom. The van der Waals surface area contributed by atoms with Gasteiger partial charge in [-0.15, -0.1) is 11.6 Å². The van der Waals surface area contributed by atoms with Gasteiger partial charge < -0.3 is 15.2 Å². The van der Waals surface area contributed by atoms with Crippen molar-refractivity contribution in [1.29, 1.82) is 0 Å². The molecule has 0 amide bonds. The SMILES string of the molecule is COc1c(Cl)ccc(NCC(O)CCl)c1F. The summed E-state index contributed by atoms with van der Waals surface area (Å²) in [5.41, 5.74) is 0.213. The Kier molecular flexibility index (Phi) is 5.12. The molecular formula is C10H12Cl2FNO2. The molecule has 0 aliphatic rings. The van der Waals surface area contributed by atoms with Crippen LogP contribution in [-0.2, 0) is 0 Å². The minimum Gasteiger partial charge on any atom is -0.492 e. The number of anilines is 1. The van der Waals surface area contributed by atoms with E-state index in [1.54, 1.807) is 0 Å². The summed E-state index contributed by atoms with van der Waals surface area (Å²) in [7, 11) is 1.34. The maximum atomic E-state index is 13.7. The van der Waals surface area contributed by atoms with E-state index in [9.17, 15) is 9.50 Å². The lowest BCUT2D eigenvalue weighted by molar-refractivity contribution is 0.211. The number of methoxy groups -OCH3 is 1. The molecule has 0 aliphatic heterocycles. The van der Waals surface area contributed by atoms with E-state index >= 15 is 0 Å². The largest absolute Gasteiger partial charge is 0.492 e. The number of nitrogens with one attached hydrogen (secondary N) is 1. The van der Waals surface area contributed by atoms with Crippen molar-refractivity contribution in [2.75, 3.05) is 24.9 Å². The van der Waals surface area contributed by atoms with E-state index in [1.807, 2.05) is 0 Å². The number of aliphatic hydroxyl groups is 1. The zero-order chi connectivity index (χ0) is 12.1. The second kappa shape index (κ2) is 6.13. The Morgan fingerprint density at radius 1 is 1.56 bits per heavy atom. The number of hydrogen-bond acceptors (Lipinski definition) is 3. The van der Waals surface area contributed by atoms with Crippen molar-refractivity contribution in [3.63, 3.8) is 0 Å². The fourth-order valence-electron chi connectivity index (χ4n) is 1.14. The number of ether oxygens (including phenoxy) is 1. The molecule has 0 saturated heterocycles. The minimum atomic E-state index is -0.734. The van der Waals surface area contributed by atoms with Crippen molar-refractivity contribution < 1.29 is 14.2 Å². The van der Waals surface area contributed by atoms with E-state index in [1.165, 1.54) is 19.2 Å². The van der Waals surface area contributed by atoms with E-state index < -0.39 is 11.9 Å². The van der Waals surface area contributed by atoms with Crippen LogP contribution < -0.4 is 10.1 Å². The summed E-state index contributed by atoms with van der Waals surface area (Å²) in [5, 5.41) is 12.1. The quantitative estimate of drug-likeness (QED) is 0.806. The molecule has 0 radical (unpaired) electrons. The molecular weight excluding hydrogens is 256 g/mol. The number of alkyl halides is 1. The van der Waals surface area contributed by atoms with Gasteiger partial charge >= 0.3 is 0 Å². The molecule has 0 bridgehead atoms. The van der Waals surface area contributed by atoms with E-state index in [-0.39, 0.29) is 28.9 Å². The third-order valence-corrected chi connectivity index (χ3v) is 2.61. The molecule has 0 spiro atoms. The lowest BCUT2D eigenvalue weighted by Gasteiger charge is -2.13. The molecule has 6 heteroatoms. The molecule has 0 heterocycles. The first-order valence-electron chi connectivity index (χ1n) is 4.60. The molecule has 1 unspecified atom stereocenters. The highest BCUT2D eigenvalue weighted by Gasteiger charge is 2.13. The van der Waals surface area contributed by atoms with Crippen LogP contribution in [0.1, 0.15) is 0 Å². The zero-order valence-electron chi connectivity index (χ0n) is 8.64. The van der Waals surface area contributed by atoms with E-state index in [0.717, 1.165) is 0 Å². The van der Waals surface area contributed by atoms with Crippen LogP contribution in [0.5, 0.6) is 5.75 Å². The van der Waals surface area contributed by atoms with Crippen LogP contribution in [0.15, 0.2) is 12.1 Å². The molecule has 0 saturated carbocycles. The Bertz CT molecular complexity index is 363. The Balaban J connectivity index is 2.81. The van der Waals surface area contributed by atoms with Crippen molar-refractivity contribution in [1.82, 2.24) is 0 Å². The maximum Gasteiger partial charge on any atom is 0.189 e. The Labute approximate surface area is 103 Å². The summed E-state index contributed by atoms with van der Waals surface area (Å²) in [6.45, 7) is 0.158. The standard InChI is InChI=1S/C10H12Cl2FNO2/c1-16-10-7(12)2-3-8(9(10)13)14-5-6(15)4-11/h2-3,6,14-15H,4-5H2,1H3. The predicted molar refractivity (Wildman–Crippen MR) is 63.2 cm³/mol. The molecule has 0 fully saturated rings. The molecule has 1 rings (SSSR count). The normalized spacial score (nSPS) is 12.3. The summed E-state index contributed by atoms with van der Waals surface area (Å²) in [5.74, 6) is -0.525. The molecule has 16 heavy (non-hydrogen) atoms. The Morgan fingerprint density at radius 2 is 2.25 bits per heavy atom. The van der Waals surface area contributed by atoms with Gasteiger partial charge in [-0.1, -0.05) is 11.6 Å². The van der Waals surface area contributed by atoms with Crippen LogP contribution in [-0.4, -0.2) is 30.7 Å². The highest BCUT2D eigenvalue weighted by Crippen LogP contribution is 2.32. The summed E-state index contributed by atoms with van der Waals surface area (Å²) in [6, 6.07) is 2.99. The average molecular weight is 268 g/mol. The van der Waals surface area contributed by atoms with Gasteiger partial charge in [0.2, 0.25) is 0 Å². The van der Waals surface area contributed by atoms with Crippen molar-refractivity contribution in [2.45, 2.75) is 6.10 Å². The average Bonchev–Trinajstić information content (AvgIpc) is 2.28. The van der Waals surface area contributed by atoms with Gasteiger partial charge in [-0.3, -0.25) is 0 Å². The molecule has 1 aromatic rings. The second-order valence-electron chi connectivity index (χ2n) is 3.13. The monoisotopic (exact) mass is 267 g/mol. The van der Waals surface area contributed by atoms with Crippen LogP contribution in [0, 0.1) is 5.82 Å².